The normalized spacial score (nSPS) is 18.2. The predicted molar refractivity (Wildman–Crippen MR) is 110 cm³/mol. The summed E-state index contributed by atoms with van der Waals surface area (Å²) >= 11 is 0. The van der Waals surface area contributed by atoms with Gasteiger partial charge in [0, 0.05) is 45.3 Å². The van der Waals surface area contributed by atoms with Crippen LogP contribution in [0, 0.1) is 0 Å². The van der Waals surface area contributed by atoms with Gasteiger partial charge < -0.3 is 15.5 Å². The Kier molecular flexibility index (Phi) is 7.25. The van der Waals surface area contributed by atoms with E-state index in [1.54, 1.807) is 0 Å². The maximum atomic E-state index is 12.0. The minimum atomic E-state index is -0.100. The number of nitrogens with one attached hydrogen (secondary N) is 2. The molecule has 3 rings (SSSR count). The summed E-state index contributed by atoms with van der Waals surface area (Å²) in [5, 5.41) is 5.88. The Morgan fingerprint density at radius 1 is 1.00 bits per heavy atom. The van der Waals surface area contributed by atoms with Crippen molar-refractivity contribution in [1.29, 1.82) is 0 Å². The third-order valence-corrected chi connectivity index (χ3v) is 5.08. The highest BCUT2D eigenvalue weighted by Gasteiger charge is 2.25. The van der Waals surface area contributed by atoms with Crippen LogP contribution < -0.4 is 10.6 Å². The summed E-state index contributed by atoms with van der Waals surface area (Å²) in [6.45, 7) is 5.45. The van der Waals surface area contributed by atoms with Crippen LogP contribution in [0.15, 0.2) is 60.7 Å². The number of piperazine rings is 1. The lowest BCUT2D eigenvalue weighted by atomic mass is 10.0. The van der Waals surface area contributed by atoms with Crippen LogP contribution >= 0.6 is 0 Å². The van der Waals surface area contributed by atoms with E-state index >= 15 is 0 Å². The van der Waals surface area contributed by atoms with Gasteiger partial charge in [-0.1, -0.05) is 60.7 Å². The fourth-order valence-electron chi connectivity index (χ4n) is 3.54. The Morgan fingerprint density at radius 2 is 1.70 bits per heavy atom. The van der Waals surface area contributed by atoms with E-state index in [2.05, 4.69) is 57.8 Å². The van der Waals surface area contributed by atoms with Crippen molar-refractivity contribution >= 4 is 6.03 Å². The highest BCUT2D eigenvalue weighted by atomic mass is 16.2. The Morgan fingerprint density at radius 3 is 2.44 bits per heavy atom. The number of rotatable bonds is 7. The second-order valence-electron chi connectivity index (χ2n) is 7.17. The van der Waals surface area contributed by atoms with Crippen molar-refractivity contribution in [2.45, 2.75) is 19.0 Å². The van der Waals surface area contributed by atoms with E-state index in [1.165, 1.54) is 5.56 Å². The van der Waals surface area contributed by atoms with Gasteiger partial charge in [-0.15, -0.1) is 0 Å². The maximum Gasteiger partial charge on any atom is 0.315 e. The number of nitrogens with zero attached hydrogens (tertiary/aromatic N) is 2. The molecule has 0 saturated carbocycles. The van der Waals surface area contributed by atoms with Crippen LogP contribution in [0.25, 0.3) is 0 Å². The molecule has 2 aromatic carbocycles. The van der Waals surface area contributed by atoms with E-state index in [9.17, 15) is 4.79 Å². The summed E-state index contributed by atoms with van der Waals surface area (Å²) < 4.78 is 0. The minimum Gasteiger partial charge on any atom is -0.338 e. The van der Waals surface area contributed by atoms with E-state index in [-0.39, 0.29) is 6.03 Å². The van der Waals surface area contributed by atoms with Crippen molar-refractivity contribution in [3.8, 4) is 0 Å². The highest BCUT2D eigenvalue weighted by Crippen LogP contribution is 2.24. The van der Waals surface area contributed by atoms with Gasteiger partial charge in [-0.2, -0.15) is 0 Å². The average molecular weight is 367 g/mol. The van der Waals surface area contributed by atoms with Crippen molar-refractivity contribution in [3.05, 3.63) is 71.8 Å². The molecule has 1 aliphatic heterocycles. The number of hydrogen-bond acceptors (Lipinski definition) is 3. The van der Waals surface area contributed by atoms with Gasteiger partial charge in [-0.3, -0.25) is 4.90 Å². The predicted octanol–water partition coefficient (Wildman–Crippen LogP) is 2.86. The number of amides is 2. The molecule has 2 N–H and O–H groups in total. The first-order valence-corrected chi connectivity index (χ1v) is 9.75. The zero-order valence-corrected chi connectivity index (χ0v) is 16.1. The van der Waals surface area contributed by atoms with Gasteiger partial charge >= 0.3 is 6.03 Å². The lowest BCUT2D eigenvalue weighted by Crippen LogP contribution is -2.47. The van der Waals surface area contributed by atoms with Gasteiger partial charge in [0.25, 0.3) is 0 Å². The molecule has 0 radical (unpaired) electrons. The fourth-order valence-corrected chi connectivity index (χ4v) is 3.54. The maximum absolute atomic E-state index is 12.0. The first-order chi connectivity index (χ1) is 13.2. The van der Waals surface area contributed by atoms with E-state index in [1.807, 2.05) is 30.3 Å². The lowest BCUT2D eigenvalue weighted by Gasteiger charge is -2.40. The van der Waals surface area contributed by atoms with Crippen LogP contribution in [0.3, 0.4) is 0 Å². The number of benzene rings is 2. The number of urea groups is 1. The monoisotopic (exact) mass is 366 g/mol. The van der Waals surface area contributed by atoms with Crippen LogP contribution in [0.5, 0.6) is 0 Å². The number of carbonyl (C=O) groups is 1. The molecule has 144 valence electrons. The molecule has 0 aliphatic carbocycles. The van der Waals surface area contributed by atoms with Crippen molar-refractivity contribution in [2.24, 2.45) is 0 Å². The van der Waals surface area contributed by atoms with Crippen LogP contribution in [0.1, 0.15) is 23.6 Å². The van der Waals surface area contributed by atoms with Gasteiger partial charge in [0.2, 0.25) is 0 Å². The van der Waals surface area contributed by atoms with Crippen LogP contribution in [-0.2, 0) is 6.54 Å². The molecular weight excluding hydrogens is 336 g/mol. The van der Waals surface area contributed by atoms with Gasteiger partial charge in [0.05, 0.1) is 0 Å². The average Bonchev–Trinajstić information content (AvgIpc) is 2.72. The second kappa shape index (κ2) is 10.1. The Bertz CT molecular complexity index is 692. The van der Waals surface area contributed by atoms with E-state index in [0.717, 1.165) is 38.2 Å². The molecule has 1 aliphatic rings. The first-order valence-electron chi connectivity index (χ1n) is 9.75. The standard InChI is InChI=1S/C22H30N4O/c1-25-15-16-26(21(18-25)20-11-6-3-7-12-20)14-8-13-23-22(27)24-17-19-9-4-2-5-10-19/h2-7,9-12,21H,8,13-18H2,1H3,(H2,23,24,27)/t21-/m1/s1. The zero-order chi connectivity index (χ0) is 18.9. The SMILES string of the molecule is CN1CCN(CCCNC(=O)NCc2ccccc2)[C@@H](c2ccccc2)C1. The summed E-state index contributed by atoms with van der Waals surface area (Å²) in [7, 11) is 2.19. The third kappa shape index (κ3) is 6.08. The molecule has 0 bridgehead atoms. The summed E-state index contributed by atoms with van der Waals surface area (Å²) in [5.74, 6) is 0. The van der Waals surface area contributed by atoms with Gasteiger partial charge in [-0.25, -0.2) is 4.79 Å². The molecule has 2 amide bonds. The molecule has 0 spiro atoms. The molecule has 0 aromatic heterocycles. The minimum absolute atomic E-state index is 0.100. The Balaban J connectivity index is 1.40. The fraction of sp³-hybridized carbons (Fsp3) is 0.409. The zero-order valence-electron chi connectivity index (χ0n) is 16.1. The van der Waals surface area contributed by atoms with Crippen LogP contribution in [-0.4, -0.2) is 55.6 Å². The summed E-state index contributed by atoms with van der Waals surface area (Å²) in [4.78, 5) is 16.9. The summed E-state index contributed by atoms with van der Waals surface area (Å²) in [6.07, 6.45) is 0.950. The smallest absolute Gasteiger partial charge is 0.315 e. The Hall–Kier alpha value is -2.37. The second-order valence-corrected chi connectivity index (χ2v) is 7.17. The summed E-state index contributed by atoms with van der Waals surface area (Å²) in [6, 6.07) is 21.0. The Labute approximate surface area is 162 Å². The van der Waals surface area contributed by atoms with Gasteiger partial charge in [0.15, 0.2) is 0 Å². The molecule has 27 heavy (non-hydrogen) atoms. The summed E-state index contributed by atoms with van der Waals surface area (Å²) in [5.41, 5.74) is 2.48. The number of hydrogen-bond donors (Lipinski definition) is 2. The molecule has 1 saturated heterocycles. The van der Waals surface area contributed by atoms with E-state index in [4.69, 9.17) is 0 Å². The molecular formula is C22H30N4O. The van der Waals surface area contributed by atoms with Crippen molar-refractivity contribution in [2.75, 3.05) is 39.8 Å². The van der Waals surface area contributed by atoms with Crippen molar-refractivity contribution in [1.82, 2.24) is 20.4 Å². The van der Waals surface area contributed by atoms with E-state index in [0.29, 0.717) is 19.1 Å². The van der Waals surface area contributed by atoms with Crippen LogP contribution in [0.4, 0.5) is 4.79 Å². The molecule has 0 unspecified atom stereocenters. The highest BCUT2D eigenvalue weighted by molar-refractivity contribution is 5.73. The quantitative estimate of drug-likeness (QED) is 0.741. The molecule has 1 atom stereocenters. The third-order valence-electron chi connectivity index (χ3n) is 5.08. The molecule has 5 nitrogen and oxygen atoms in total. The molecule has 1 fully saturated rings. The number of likely N-dealkylation sites (N-methyl/N-ethyl adjacent to an activating group) is 1. The molecule has 2 aromatic rings. The molecule has 5 heteroatoms. The van der Waals surface area contributed by atoms with E-state index < -0.39 is 0 Å². The topological polar surface area (TPSA) is 47.6 Å². The van der Waals surface area contributed by atoms with Crippen molar-refractivity contribution < 1.29 is 4.79 Å². The molecule has 1 heterocycles. The van der Waals surface area contributed by atoms with Crippen LogP contribution in [0.2, 0.25) is 0 Å². The van der Waals surface area contributed by atoms with Gasteiger partial charge in [0.1, 0.15) is 0 Å². The lowest BCUT2D eigenvalue weighted by molar-refractivity contribution is 0.0889. The van der Waals surface area contributed by atoms with Gasteiger partial charge in [-0.05, 0) is 24.6 Å². The van der Waals surface area contributed by atoms with Crippen molar-refractivity contribution in [3.63, 3.8) is 0 Å². The first kappa shape index (κ1) is 19.4. The largest absolute Gasteiger partial charge is 0.338 e. The number of carbonyl (C=O) groups excluding carboxylic acids is 1.